The molecule has 16 heavy (non-hydrogen) atoms. The van der Waals surface area contributed by atoms with Gasteiger partial charge in [0.2, 0.25) is 0 Å². The van der Waals surface area contributed by atoms with Crippen molar-refractivity contribution in [1.82, 2.24) is 4.98 Å². The fourth-order valence-corrected chi connectivity index (χ4v) is 1.81. The van der Waals surface area contributed by atoms with Gasteiger partial charge in [-0.05, 0) is 12.1 Å². The summed E-state index contributed by atoms with van der Waals surface area (Å²) in [7, 11) is 0. The summed E-state index contributed by atoms with van der Waals surface area (Å²) in [6.07, 6.45) is 2.17. The molecule has 5 heteroatoms. The molecule has 0 aliphatic carbocycles. The van der Waals surface area contributed by atoms with Crippen LogP contribution < -0.4 is 4.90 Å². The van der Waals surface area contributed by atoms with Gasteiger partial charge in [-0.3, -0.25) is 0 Å². The average Bonchev–Trinajstić information content (AvgIpc) is 2.31. The summed E-state index contributed by atoms with van der Waals surface area (Å²) in [5.41, 5.74) is -1.26. The first-order valence-electron chi connectivity index (χ1n) is 5.14. The molecule has 0 saturated carbocycles. The van der Waals surface area contributed by atoms with Gasteiger partial charge < -0.3 is 10.0 Å². The van der Waals surface area contributed by atoms with Gasteiger partial charge in [-0.15, -0.1) is 0 Å². The molecule has 0 radical (unpaired) electrons. The summed E-state index contributed by atoms with van der Waals surface area (Å²) in [6, 6.07) is 4.77. The van der Waals surface area contributed by atoms with E-state index in [-0.39, 0.29) is 5.82 Å². The molecule has 0 atom stereocenters. The Balaban J connectivity index is 2.11. The normalized spacial score (nSPS) is 19.2. The van der Waals surface area contributed by atoms with Crippen molar-refractivity contribution in [2.75, 3.05) is 18.0 Å². The van der Waals surface area contributed by atoms with Crippen molar-refractivity contribution in [3.05, 3.63) is 24.1 Å². The number of anilines is 1. The predicted molar refractivity (Wildman–Crippen MR) is 56.2 cm³/mol. The molecule has 1 fully saturated rings. The van der Waals surface area contributed by atoms with Crippen LogP contribution in [0.15, 0.2) is 18.3 Å². The third-order valence-corrected chi connectivity index (χ3v) is 2.84. The Morgan fingerprint density at radius 3 is 2.75 bits per heavy atom. The van der Waals surface area contributed by atoms with Crippen LogP contribution in [0, 0.1) is 17.1 Å². The third kappa shape index (κ3) is 1.97. The van der Waals surface area contributed by atoms with E-state index in [9.17, 15) is 9.50 Å². The van der Waals surface area contributed by atoms with Crippen LogP contribution in [0.1, 0.15) is 12.8 Å². The number of halogens is 1. The number of hydrogen-bond donors (Lipinski definition) is 1. The van der Waals surface area contributed by atoms with Gasteiger partial charge in [-0.2, -0.15) is 5.26 Å². The van der Waals surface area contributed by atoms with E-state index in [1.165, 1.54) is 18.3 Å². The summed E-state index contributed by atoms with van der Waals surface area (Å²) >= 11 is 0. The molecule has 2 rings (SSSR count). The Kier molecular flexibility index (Phi) is 2.75. The second kappa shape index (κ2) is 4.06. The molecule has 2 heterocycles. The zero-order valence-electron chi connectivity index (χ0n) is 8.73. The minimum absolute atomic E-state index is 0.294. The zero-order chi connectivity index (χ0) is 11.6. The second-order valence-electron chi connectivity index (χ2n) is 3.94. The van der Waals surface area contributed by atoms with E-state index in [0.717, 1.165) is 0 Å². The lowest BCUT2D eigenvalue weighted by Gasteiger charge is -2.34. The maximum Gasteiger partial charge on any atom is 0.165 e. The minimum Gasteiger partial charge on any atom is -0.375 e. The third-order valence-electron chi connectivity index (χ3n) is 2.84. The predicted octanol–water partition coefficient (Wildman–Crippen LogP) is 1.08. The molecule has 0 spiro atoms. The summed E-state index contributed by atoms with van der Waals surface area (Å²) in [5.74, 6) is -0.0765. The maximum absolute atomic E-state index is 13.4. The summed E-state index contributed by atoms with van der Waals surface area (Å²) < 4.78 is 13.4. The number of hydrogen-bond acceptors (Lipinski definition) is 4. The van der Waals surface area contributed by atoms with Gasteiger partial charge >= 0.3 is 0 Å². The van der Waals surface area contributed by atoms with Gasteiger partial charge in [0.15, 0.2) is 17.2 Å². The Bertz CT molecular complexity index is 421. The van der Waals surface area contributed by atoms with Crippen LogP contribution in [-0.4, -0.2) is 28.8 Å². The summed E-state index contributed by atoms with van der Waals surface area (Å²) in [4.78, 5) is 5.71. The number of piperidine rings is 1. The highest BCUT2D eigenvalue weighted by molar-refractivity contribution is 5.40. The van der Waals surface area contributed by atoms with E-state index in [1.54, 1.807) is 4.90 Å². The fraction of sp³-hybridized carbons (Fsp3) is 0.455. The molecular weight excluding hydrogens is 209 g/mol. The molecule has 0 bridgehead atoms. The summed E-state index contributed by atoms with van der Waals surface area (Å²) in [6.45, 7) is 0.885. The smallest absolute Gasteiger partial charge is 0.165 e. The number of nitriles is 1. The summed E-state index contributed by atoms with van der Waals surface area (Å²) in [5, 5.41) is 18.5. The van der Waals surface area contributed by atoms with Crippen LogP contribution in [0.4, 0.5) is 10.2 Å². The van der Waals surface area contributed by atoms with Gasteiger partial charge in [-0.25, -0.2) is 9.37 Å². The zero-order valence-corrected chi connectivity index (χ0v) is 8.73. The highest BCUT2D eigenvalue weighted by atomic mass is 19.1. The average molecular weight is 221 g/mol. The lowest BCUT2D eigenvalue weighted by atomic mass is 9.93. The molecule has 0 amide bonds. The highest BCUT2D eigenvalue weighted by Crippen LogP contribution is 2.25. The maximum atomic E-state index is 13.4. The molecule has 1 aromatic rings. The highest BCUT2D eigenvalue weighted by Gasteiger charge is 2.33. The number of pyridine rings is 1. The number of aromatic nitrogens is 1. The molecule has 84 valence electrons. The lowest BCUT2D eigenvalue weighted by molar-refractivity contribution is 0.0721. The Hall–Kier alpha value is -1.67. The van der Waals surface area contributed by atoms with Crippen molar-refractivity contribution >= 4 is 5.82 Å². The van der Waals surface area contributed by atoms with Crippen molar-refractivity contribution in [1.29, 1.82) is 5.26 Å². The minimum atomic E-state index is -1.26. The second-order valence-corrected chi connectivity index (χ2v) is 3.94. The molecular formula is C11H12FN3O. The van der Waals surface area contributed by atoms with Gasteiger partial charge in [0, 0.05) is 32.1 Å². The van der Waals surface area contributed by atoms with Crippen molar-refractivity contribution in [3.63, 3.8) is 0 Å². The van der Waals surface area contributed by atoms with Crippen LogP contribution in [0.3, 0.4) is 0 Å². The number of nitrogens with zero attached hydrogens (tertiary/aromatic N) is 3. The molecule has 1 aliphatic rings. The first kappa shape index (κ1) is 10.8. The Morgan fingerprint density at radius 1 is 1.50 bits per heavy atom. The van der Waals surface area contributed by atoms with Gasteiger partial charge in [0.05, 0.1) is 6.07 Å². The van der Waals surface area contributed by atoms with E-state index in [0.29, 0.717) is 31.7 Å². The fourth-order valence-electron chi connectivity index (χ4n) is 1.81. The molecule has 0 unspecified atom stereocenters. The molecule has 0 aromatic carbocycles. The SMILES string of the molecule is N#CC1(O)CCN(c2ncccc2F)CC1. The van der Waals surface area contributed by atoms with Gasteiger partial charge in [-0.1, -0.05) is 0 Å². The van der Waals surface area contributed by atoms with Crippen molar-refractivity contribution in [3.8, 4) is 6.07 Å². The molecule has 1 saturated heterocycles. The quantitative estimate of drug-likeness (QED) is 0.721. The molecule has 1 aromatic heterocycles. The monoisotopic (exact) mass is 221 g/mol. The first-order valence-corrected chi connectivity index (χ1v) is 5.14. The lowest BCUT2D eigenvalue weighted by Crippen LogP contribution is -2.44. The van der Waals surface area contributed by atoms with Crippen molar-refractivity contribution in [2.24, 2.45) is 0 Å². The molecule has 1 aliphatic heterocycles. The van der Waals surface area contributed by atoms with Crippen LogP contribution >= 0.6 is 0 Å². The number of aliphatic hydroxyl groups is 1. The van der Waals surface area contributed by atoms with E-state index in [2.05, 4.69) is 4.98 Å². The van der Waals surface area contributed by atoms with Crippen LogP contribution in [0.25, 0.3) is 0 Å². The van der Waals surface area contributed by atoms with E-state index < -0.39 is 5.60 Å². The van der Waals surface area contributed by atoms with Crippen LogP contribution in [-0.2, 0) is 0 Å². The van der Waals surface area contributed by atoms with E-state index in [1.807, 2.05) is 6.07 Å². The van der Waals surface area contributed by atoms with Crippen LogP contribution in [0.5, 0.6) is 0 Å². The number of rotatable bonds is 1. The molecule has 4 nitrogen and oxygen atoms in total. The van der Waals surface area contributed by atoms with Crippen LogP contribution in [0.2, 0.25) is 0 Å². The van der Waals surface area contributed by atoms with Crippen molar-refractivity contribution in [2.45, 2.75) is 18.4 Å². The van der Waals surface area contributed by atoms with E-state index in [4.69, 9.17) is 5.26 Å². The molecule has 1 N–H and O–H groups in total. The standard InChI is InChI=1S/C11H12FN3O/c12-9-2-1-5-14-10(9)15-6-3-11(16,8-13)4-7-15/h1-2,5,16H,3-4,6-7H2. The topological polar surface area (TPSA) is 60.1 Å². The Morgan fingerprint density at radius 2 is 2.19 bits per heavy atom. The van der Waals surface area contributed by atoms with Gasteiger partial charge in [0.1, 0.15) is 0 Å². The van der Waals surface area contributed by atoms with Gasteiger partial charge in [0.25, 0.3) is 0 Å². The van der Waals surface area contributed by atoms with Crippen molar-refractivity contribution < 1.29 is 9.50 Å². The largest absolute Gasteiger partial charge is 0.375 e. The Labute approximate surface area is 92.9 Å². The first-order chi connectivity index (χ1) is 7.64. The van der Waals surface area contributed by atoms with E-state index >= 15 is 0 Å².